The number of Topliss-reactive ketones (excluding diaryl/α,β-unsaturated/α-hetero) is 1. The number of nitrogens with one attached hydrogen (secondary N) is 1. The van der Waals surface area contributed by atoms with Crippen molar-refractivity contribution in [1.82, 2.24) is 5.48 Å². The summed E-state index contributed by atoms with van der Waals surface area (Å²) in [4.78, 5) is 41.1. The summed E-state index contributed by atoms with van der Waals surface area (Å²) in [5.41, 5.74) is 1.56. The van der Waals surface area contributed by atoms with Gasteiger partial charge in [-0.25, -0.2) is 5.48 Å². The molecule has 1 amide bonds. The van der Waals surface area contributed by atoms with Crippen molar-refractivity contribution in [2.24, 2.45) is 0 Å². The number of hydroxylamine groups is 1. The van der Waals surface area contributed by atoms with Crippen LogP contribution in [0.3, 0.4) is 0 Å². The highest BCUT2D eigenvalue weighted by molar-refractivity contribution is 7.51. The first-order valence-corrected chi connectivity index (χ1v) is 4.60. The van der Waals surface area contributed by atoms with Crippen LogP contribution in [0.1, 0.15) is 6.92 Å². The number of ketones is 1. The molecule has 0 saturated heterocycles. The van der Waals surface area contributed by atoms with E-state index in [-0.39, 0.29) is 0 Å². The van der Waals surface area contributed by atoms with E-state index in [1.807, 2.05) is 0 Å². The zero-order valence-corrected chi connectivity index (χ0v) is 7.08. The van der Waals surface area contributed by atoms with E-state index in [1.165, 1.54) is 0 Å². The van der Waals surface area contributed by atoms with Crippen LogP contribution < -0.4 is 5.48 Å². The number of hydrogen-bond donors (Lipinski definition) is 3. The lowest BCUT2D eigenvalue weighted by molar-refractivity contribution is -0.144. The summed E-state index contributed by atoms with van der Waals surface area (Å²) >= 11 is 0. The Morgan fingerprint density at radius 1 is 1.50 bits per heavy atom. The van der Waals surface area contributed by atoms with Crippen molar-refractivity contribution in [3.63, 3.8) is 0 Å². The molecule has 0 atom stereocenters. The van der Waals surface area contributed by atoms with Crippen molar-refractivity contribution in [2.45, 2.75) is 6.92 Å². The molecule has 0 heterocycles. The van der Waals surface area contributed by atoms with Gasteiger partial charge in [-0.1, -0.05) is 0 Å². The van der Waals surface area contributed by atoms with Gasteiger partial charge in [-0.15, -0.1) is 0 Å². The minimum atomic E-state index is -4.30. The Morgan fingerprint density at radius 3 is 2.33 bits per heavy atom. The second kappa shape index (κ2) is 4.32. The summed E-state index contributed by atoms with van der Waals surface area (Å²) in [5.74, 6) is -1.86. The van der Waals surface area contributed by atoms with E-state index in [0.29, 0.717) is 0 Å². The van der Waals surface area contributed by atoms with Crippen molar-refractivity contribution < 1.29 is 28.8 Å². The van der Waals surface area contributed by atoms with Gasteiger partial charge in [0, 0.05) is 6.92 Å². The largest absolute Gasteiger partial charge is 0.353 e. The number of rotatable bonds is 4. The molecule has 0 aliphatic rings. The molecule has 0 aliphatic carbocycles. The zero-order valence-electron chi connectivity index (χ0n) is 6.18. The molecule has 0 rings (SSSR count). The summed E-state index contributed by atoms with van der Waals surface area (Å²) in [6.45, 7) is 0.996. The van der Waals surface area contributed by atoms with Crippen LogP contribution in [0.2, 0.25) is 0 Å². The highest BCUT2D eigenvalue weighted by Gasteiger charge is 2.15. The molecule has 70 valence electrons. The molecular formula is C4H8NO6P. The van der Waals surface area contributed by atoms with Crippen LogP contribution in [0.5, 0.6) is 0 Å². The fraction of sp³-hybridized carbons (Fsp3) is 0.500. The molecule has 8 heteroatoms. The van der Waals surface area contributed by atoms with Crippen LogP contribution in [0.25, 0.3) is 0 Å². The van der Waals surface area contributed by atoms with Crippen LogP contribution in [0.15, 0.2) is 0 Å². The lowest BCUT2D eigenvalue weighted by atomic mass is 10.4. The van der Waals surface area contributed by atoms with E-state index in [1.54, 1.807) is 5.48 Å². The fourth-order valence-electron chi connectivity index (χ4n) is 0.254. The number of amides is 1. The van der Waals surface area contributed by atoms with E-state index in [9.17, 15) is 14.2 Å². The van der Waals surface area contributed by atoms with Crippen LogP contribution in [-0.4, -0.2) is 27.8 Å². The van der Waals surface area contributed by atoms with Crippen LogP contribution in [0, 0.1) is 0 Å². The molecule has 0 saturated carbocycles. The summed E-state index contributed by atoms with van der Waals surface area (Å²) in [6.07, 6.45) is -0.952. The Labute approximate surface area is 67.8 Å². The van der Waals surface area contributed by atoms with E-state index in [2.05, 4.69) is 4.84 Å². The maximum atomic E-state index is 10.4. The lowest BCUT2D eigenvalue weighted by Gasteiger charge is -2.04. The maximum Gasteiger partial charge on any atom is 0.353 e. The minimum Gasteiger partial charge on any atom is -0.323 e. The first-order valence-electron chi connectivity index (χ1n) is 2.80. The van der Waals surface area contributed by atoms with Gasteiger partial charge in [0.05, 0.1) is 0 Å². The molecule has 0 spiro atoms. The molecule has 7 nitrogen and oxygen atoms in total. The second-order valence-electron chi connectivity index (χ2n) is 1.93. The molecule has 0 aliphatic heterocycles. The van der Waals surface area contributed by atoms with Gasteiger partial charge in [-0.3, -0.25) is 19.0 Å². The quantitative estimate of drug-likeness (QED) is 0.295. The third-order valence-electron chi connectivity index (χ3n) is 0.717. The van der Waals surface area contributed by atoms with Gasteiger partial charge in [-0.2, -0.15) is 0 Å². The van der Waals surface area contributed by atoms with Gasteiger partial charge < -0.3 is 9.79 Å². The molecule has 0 aromatic heterocycles. The summed E-state index contributed by atoms with van der Waals surface area (Å²) in [7, 11) is -4.30. The van der Waals surface area contributed by atoms with Gasteiger partial charge in [0.15, 0.2) is 6.35 Å². The number of carbonyl (C=O) groups excluding carboxylic acids is 2. The molecule has 0 radical (unpaired) electrons. The number of carbonyl (C=O) groups is 2. The van der Waals surface area contributed by atoms with Gasteiger partial charge in [0.2, 0.25) is 5.78 Å². The Balaban J connectivity index is 3.65. The van der Waals surface area contributed by atoms with Gasteiger partial charge in [0.1, 0.15) is 0 Å². The SMILES string of the molecule is CC(=O)C(=O)NOCP(=O)(O)O. The Kier molecular flexibility index (Phi) is 4.05. The second-order valence-corrected chi connectivity index (χ2v) is 3.51. The van der Waals surface area contributed by atoms with Gasteiger partial charge >= 0.3 is 13.5 Å². The Bertz CT molecular complexity index is 232. The molecule has 0 aromatic carbocycles. The molecule has 0 aromatic rings. The lowest BCUT2D eigenvalue weighted by Crippen LogP contribution is -2.29. The Hall–Kier alpha value is -0.750. The standard InChI is InChI=1S/C4H8NO6P/c1-3(6)4(7)5-11-2-12(8,9)10/h2H2,1H3,(H,5,7)(H2,8,9,10). The van der Waals surface area contributed by atoms with Crippen molar-refractivity contribution >= 4 is 19.3 Å². The third kappa shape index (κ3) is 5.99. The highest BCUT2D eigenvalue weighted by Crippen LogP contribution is 2.33. The first-order chi connectivity index (χ1) is 5.33. The van der Waals surface area contributed by atoms with Gasteiger partial charge in [-0.05, 0) is 0 Å². The smallest absolute Gasteiger partial charge is 0.323 e. The van der Waals surface area contributed by atoms with Crippen molar-refractivity contribution in [3.05, 3.63) is 0 Å². The third-order valence-corrected chi connectivity index (χ3v) is 1.18. The van der Waals surface area contributed by atoms with Crippen molar-refractivity contribution in [3.8, 4) is 0 Å². The maximum absolute atomic E-state index is 10.4. The Morgan fingerprint density at radius 2 is 2.00 bits per heavy atom. The summed E-state index contributed by atoms with van der Waals surface area (Å²) < 4.78 is 10.1. The summed E-state index contributed by atoms with van der Waals surface area (Å²) in [5, 5.41) is 0. The topological polar surface area (TPSA) is 113 Å². The van der Waals surface area contributed by atoms with E-state index in [4.69, 9.17) is 9.79 Å². The van der Waals surface area contributed by atoms with E-state index in [0.717, 1.165) is 6.92 Å². The monoisotopic (exact) mass is 197 g/mol. The predicted octanol–water partition coefficient (Wildman–Crippen LogP) is -1.24. The molecule has 3 N–H and O–H groups in total. The van der Waals surface area contributed by atoms with Crippen LogP contribution in [0.4, 0.5) is 0 Å². The minimum absolute atomic E-state index is 0.805. The average Bonchev–Trinajstić information content (AvgIpc) is 1.84. The fourth-order valence-corrected chi connectivity index (χ4v) is 0.486. The molecule has 12 heavy (non-hydrogen) atoms. The van der Waals surface area contributed by atoms with Gasteiger partial charge in [0.25, 0.3) is 0 Å². The average molecular weight is 197 g/mol. The van der Waals surface area contributed by atoms with E-state index >= 15 is 0 Å². The molecule has 0 unspecified atom stereocenters. The highest BCUT2D eigenvalue weighted by atomic mass is 31.2. The van der Waals surface area contributed by atoms with Crippen LogP contribution >= 0.6 is 7.60 Å². The van der Waals surface area contributed by atoms with Crippen molar-refractivity contribution in [1.29, 1.82) is 0 Å². The zero-order chi connectivity index (χ0) is 9.78. The predicted molar refractivity (Wildman–Crippen MR) is 36.8 cm³/mol. The first kappa shape index (κ1) is 11.2. The summed E-state index contributed by atoms with van der Waals surface area (Å²) in [6, 6.07) is 0. The normalized spacial score (nSPS) is 10.9. The van der Waals surface area contributed by atoms with Crippen molar-refractivity contribution in [2.75, 3.05) is 6.35 Å². The molecule has 0 bridgehead atoms. The molecular weight excluding hydrogens is 189 g/mol. The number of hydrogen-bond acceptors (Lipinski definition) is 4. The van der Waals surface area contributed by atoms with E-state index < -0.39 is 25.6 Å². The van der Waals surface area contributed by atoms with Crippen LogP contribution in [-0.2, 0) is 19.0 Å². The molecule has 0 fully saturated rings.